The molecule has 1 aromatic rings. The van der Waals surface area contributed by atoms with Gasteiger partial charge in [-0.1, -0.05) is 25.4 Å². The van der Waals surface area contributed by atoms with Gasteiger partial charge in [-0.25, -0.2) is 4.98 Å². The summed E-state index contributed by atoms with van der Waals surface area (Å²) in [4.78, 5) is 6.77. The lowest BCUT2D eigenvalue weighted by Gasteiger charge is -2.25. The molecule has 20 heavy (non-hydrogen) atoms. The van der Waals surface area contributed by atoms with E-state index in [9.17, 15) is 0 Å². The van der Waals surface area contributed by atoms with E-state index < -0.39 is 0 Å². The first-order valence-electron chi connectivity index (χ1n) is 7.37. The van der Waals surface area contributed by atoms with Crippen LogP contribution in [0.15, 0.2) is 12.3 Å². The van der Waals surface area contributed by atoms with Crippen LogP contribution in [0.4, 0.5) is 5.82 Å². The molecule has 0 spiro atoms. The van der Waals surface area contributed by atoms with E-state index in [1.165, 1.54) is 0 Å². The number of aromatic nitrogens is 1. The average Bonchev–Trinajstić information content (AvgIpc) is 2.34. The van der Waals surface area contributed by atoms with Gasteiger partial charge in [0.25, 0.3) is 0 Å². The molecule has 0 aliphatic heterocycles. The molecule has 3 nitrogen and oxygen atoms in total. The fourth-order valence-corrected chi connectivity index (χ4v) is 2.13. The number of halogens is 1. The minimum Gasteiger partial charge on any atom is -0.357 e. The standard InChI is InChI=1S/C16H28ClN3/c1-7-20(11-12(2)3)15-8-13(14(17)10-18-15)9-19-16(4,5)6/h8,10,12,19H,7,9,11H2,1-6H3. The minimum absolute atomic E-state index is 0.0785. The molecule has 4 heteroatoms. The summed E-state index contributed by atoms with van der Waals surface area (Å²) < 4.78 is 0. The highest BCUT2D eigenvalue weighted by molar-refractivity contribution is 6.31. The zero-order chi connectivity index (χ0) is 15.3. The third-order valence-electron chi connectivity index (χ3n) is 3.02. The summed E-state index contributed by atoms with van der Waals surface area (Å²) in [5.74, 6) is 1.62. The normalized spacial score (nSPS) is 12.0. The SMILES string of the molecule is CCN(CC(C)C)c1cc(CNC(C)(C)C)c(Cl)cn1. The number of hydrogen-bond donors (Lipinski definition) is 1. The predicted molar refractivity (Wildman–Crippen MR) is 88.6 cm³/mol. The fraction of sp³-hybridized carbons (Fsp3) is 0.688. The highest BCUT2D eigenvalue weighted by Crippen LogP contribution is 2.21. The molecule has 0 unspecified atom stereocenters. The second kappa shape index (κ2) is 7.28. The van der Waals surface area contributed by atoms with Crippen molar-refractivity contribution >= 4 is 17.4 Å². The van der Waals surface area contributed by atoms with Gasteiger partial charge in [-0.3, -0.25) is 0 Å². The summed E-state index contributed by atoms with van der Waals surface area (Å²) in [7, 11) is 0. The maximum atomic E-state index is 6.26. The molecule has 1 heterocycles. The van der Waals surface area contributed by atoms with Crippen LogP contribution >= 0.6 is 11.6 Å². The van der Waals surface area contributed by atoms with Crippen molar-refractivity contribution in [3.8, 4) is 0 Å². The maximum absolute atomic E-state index is 6.26. The van der Waals surface area contributed by atoms with Crippen LogP contribution in [0.2, 0.25) is 5.02 Å². The van der Waals surface area contributed by atoms with Crippen LogP contribution in [0.25, 0.3) is 0 Å². The van der Waals surface area contributed by atoms with Crippen LogP contribution < -0.4 is 10.2 Å². The first-order valence-corrected chi connectivity index (χ1v) is 7.75. The van der Waals surface area contributed by atoms with Crippen molar-refractivity contribution in [1.82, 2.24) is 10.3 Å². The summed E-state index contributed by atoms with van der Waals surface area (Å²) in [6, 6.07) is 2.10. The van der Waals surface area contributed by atoms with Crippen molar-refractivity contribution in [1.29, 1.82) is 0 Å². The molecule has 1 N–H and O–H groups in total. The Morgan fingerprint density at radius 2 is 2.00 bits per heavy atom. The predicted octanol–water partition coefficient (Wildman–Crippen LogP) is 4.11. The van der Waals surface area contributed by atoms with E-state index in [1.807, 2.05) is 0 Å². The topological polar surface area (TPSA) is 28.2 Å². The van der Waals surface area contributed by atoms with Gasteiger partial charge in [0.05, 0.1) is 5.02 Å². The number of anilines is 1. The Morgan fingerprint density at radius 3 is 2.50 bits per heavy atom. The van der Waals surface area contributed by atoms with Crippen LogP contribution in [0.1, 0.15) is 47.1 Å². The van der Waals surface area contributed by atoms with E-state index in [0.29, 0.717) is 5.92 Å². The van der Waals surface area contributed by atoms with Crippen molar-refractivity contribution in [3.63, 3.8) is 0 Å². The third-order valence-corrected chi connectivity index (χ3v) is 3.36. The Hall–Kier alpha value is -0.800. The first-order chi connectivity index (χ1) is 9.23. The number of pyridine rings is 1. The lowest BCUT2D eigenvalue weighted by atomic mass is 10.1. The molecule has 0 aromatic carbocycles. The van der Waals surface area contributed by atoms with Crippen molar-refractivity contribution in [2.45, 2.75) is 53.6 Å². The highest BCUT2D eigenvalue weighted by Gasteiger charge is 2.13. The van der Waals surface area contributed by atoms with Crippen LogP contribution in [-0.4, -0.2) is 23.6 Å². The van der Waals surface area contributed by atoms with E-state index in [-0.39, 0.29) is 5.54 Å². The summed E-state index contributed by atoms with van der Waals surface area (Å²) in [6.45, 7) is 15.8. The zero-order valence-electron chi connectivity index (χ0n) is 13.6. The molecular weight excluding hydrogens is 270 g/mol. The highest BCUT2D eigenvalue weighted by atomic mass is 35.5. The Kier molecular flexibility index (Phi) is 6.28. The minimum atomic E-state index is 0.0785. The number of nitrogens with zero attached hydrogens (tertiary/aromatic N) is 2. The Labute approximate surface area is 128 Å². The van der Waals surface area contributed by atoms with Gasteiger partial charge in [0.1, 0.15) is 5.82 Å². The zero-order valence-corrected chi connectivity index (χ0v) is 14.4. The van der Waals surface area contributed by atoms with Crippen LogP contribution in [0.5, 0.6) is 0 Å². The van der Waals surface area contributed by atoms with E-state index >= 15 is 0 Å². The molecular formula is C16H28ClN3. The lowest BCUT2D eigenvalue weighted by molar-refractivity contribution is 0.424. The van der Waals surface area contributed by atoms with E-state index in [0.717, 1.165) is 36.0 Å². The van der Waals surface area contributed by atoms with E-state index in [1.54, 1.807) is 6.20 Å². The van der Waals surface area contributed by atoms with Gasteiger partial charge in [0, 0.05) is 31.4 Å². The van der Waals surface area contributed by atoms with Gasteiger partial charge in [-0.15, -0.1) is 0 Å². The molecule has 1 aromatic heterocycles. The number of hydrogen-bond acceptors (Lipinski definition) is 3. The molecule has 0 radical (unpaired) electrons. The van der Waals surface area contributed by atoms with Gasteiger partial charge >= 0.3 is 0 Å². The van der Waals surface area contributed by atoms with Gasteiger partial charge in [-0.2, -0.15) is 0 Å². The first kappa shape index (κ1) is 17.3. The van der Waals surface area contributed by atoms with Crippen LogP contribution in [-0.2, 0) is 6.54 Å². The maximum Gasteiger partial charge on any atom is 0.128 e. The molecule has 0 amide bonds. The molecule has 114 valence electrons. The smallest absolute Gasteiger partial charge is 0.128 e. The van der Waals surface area contributed by atoms with Crippen LogP contribution in [0, 0.1) is 5.92 Å². The van der Waals surface area contributed by atoms with Crippen molar-refractivity contribution < 1.29 is 0 Å². The van der Waals surface area contributed by atoms with Gasteiger partial charge in [0.2, 0.25) is 0 Å². The fourth-order valence-electron chi connectivity index (χ4n) is 1.96. The molecule has 0 aliphatic carbocycles. The summed E-state index contributed by atoms with van der Waals surface area (Å²) in [5.41, 5.74) is 1.18. The third kappa shape index (κ3) is 5.68. The lowest BCUT2D eigenvalue weighted by Crippen LogP contribution is -2.35. The van der Waals surface area contributed by atoms with Crippen molar-refractivity contribution in [2.24, 2.45) is 5.92 Å². The van der Waals surface area contributed by atoms with Crippen molar-refractivity contribution in [3.05, 3.63) is 22.8 Å². The molecule has 1 rings (SSSR count). The van der Waals surface area contributed by atoms with Gasteiger partial charge in [-0.05, 0) is 45.2 Å². The molecule has 0 saturated heterocycles. The largest absolute Gasteiger partial charge is 0.357 e. The summed E-state index contributed by atoms with van der Waals surface area (Å²) >= 11 is 6.26. The Morgan fingerprint density at radius 1 is 1.35 bits per heavy atom. The monoisotopic (exact) mass is 297 g/mol. The van der Waals surface area contributed by atoms with E-state index in [4.69, 9.17) is 11.6 Å². The summed E-state index contributed by atoms with van der Waals surface area (Å²) in [6.07, 6.45) is 1.76. The molecule has 0 bridgehead atoms. The van der Waals surface area contributed by atoms with Gasteiger partial charge in [0.15, 0.2) is 0 Å². The molecule has 0 aliphatic rings. The van der Waals surface area contributed by atoms with Crippen molar-refractivity contribution in [2.75, 3.05) is 18.0 Å². The van der Waals surface area contributed by atoms with Gasteiger partial charge < -0.3 is 10.2 Å². The number of rotatable bonds is 6. The van der Waals surface area contributed by atoms with E-state index in [2.05, 4.69) is 62.8 Å². The average molecular weight is 298 g/mol. The Balaban J connectivity index is 2.89. The second-order valence-electron chi connectivity index (χ2n) is 6.67. The molecule has 0 atom stereocenters. The Bertz CT molecular complexity index is 424. The second-order valence-corrected chi connectivity index (χ2v) is 7.08. The quantitative estimate of drug-likeness (QED) is 0.856. The summed E-state index contributed by atoms with van der Waals surface area (Å²) in [5, 5.41) is 4.20. The van der Waals surface area contributed by atoms with Crippen LogP contribution in [0.3, 0.4) is 0 Å². The number of nitrogens with one attached hydrogen (secondary N) is 1. The molecule has 0 fully saturated rings. The molecule has 0 saturated carbocycles.